The summed E-state index contributed by atoms with van der Waals surface area (Å²) < 4.78 is 7.41. The van der Waals surface area contributed by atoms with Gasteiger partial charge in [-0.25, -0.2) is 4.68 Å². The third kappa shape index (κ3) is 1.61. The Hall–Kier alpha value is -1.03. The minimum Gasteiger partial charge on any atom is -0.384 e. The van der Waals surface area contributed by atoms with Crippen LogP contribution in [0.2, 0.25) is 0 Å². The highest BCUT2D eigenvalue weighted by Crippen LogP contribution is 2.32. The van der Waals surface area contributed by atoms with Crippen LogP contribution in [0.4, 0.5) is 5.82 Å². The molecule has 1 aliphatic carbocycles. The number of anilines is 1. The van der Waals surface area contributed by atoms with E-state index in [1.807, 2.05) is 0 Å². The average Bonchev–Trinajstić information content (AvgIpc) is 2.74. The second-order valence-corrected chi connectivity index (χ2v) is 4.89. The van der Waals surface area contributed by atoms with E-state index in [1.165, 1.54) is 38.5 Å². The monoisotopic (exact) mass is 221 g/mol. The van der Waals surface area contributed by atoms with Gasteiger partial charge in [0.1, 0.15) is 5.82 Å². The van der Waals surface area contributed by atoms with E-state index in [4.69, 9.17) is 10.5 Å². The molecule has 1 aliphatic heterocycles. The van der Waals surface area contributed by atoms with Crippen LogP contribution in [0.5, 0.6) is 0 Å². The van der Waals surface area contributed by atoms with E-state index in [9.17, 15) is 0 Å². The maximum Gasteiger partial charge on any atom is 0.127 e. The van der Waals surface area contributed by atoms with Crippen LogP contribution >= 0.6 is 0 Å². The van der Waals surface area contributed by atoms with Gasteiger partial charge in [0.25, 0.3) is 0 Å². The van der Waals surface area contributed by atoms with Gasteiger partial charge in [-0.15, -0.1) is 0 Å². The predicted molar refractivity (Wildman–Crippen MR) is 61.9 cm³/mol. The lowest BCUT2D eigenvalue weighted by Gasteiger charge is -2.16. The summed E-state index contributed by atoms with van der Waals surface area (Å²) in [6, 6.07) is 0.521. The molecule has 1 aromatic heterocycles. The third-order valence-corrected chi connectivity index (χ3v) is 3.79. The van der Waals surface area contributed by atoms with Crippen molar-refractivity contribution in [2.24, 2.45) is 0 Å². The molecule has 0 spiro atoms. The molecule has 2 aliphatic rings. The van der Waals surface area contributed by atoms with Gasteiger partial charge in [-0.3, -0.25) is 0 Å². The number of hydrogen-bond acceptors (Lipinski definition) is 3. The maximum atomic E-state index is 6.16. The Kier molecular flexibility index (Phi) is 2.59. The van der Waals surface area contributed by atoms with Crippen LogP contribution in [0.25, 0.3) is 0 Å². The van der Waals surface area contributed by atoms with Gasteiger partial charge in [0.15, 0.2) is 0 Å². The first-order chi connectivity index (χ1) is 7.86. The van der Waals surface area contributed by atoms with Gasteiger partial charge in [0.05, 0.1) is 24.9 Å². The number of hydrogen-bond donors (Lipinski definition) is 1. The molecule has 0 amide bonds. The molecule has 4 heteroatoms. The van der Waals surface area contributed by atoms with Gasteiger partial charge < -0.3 is 10.5 Å². The highest BCUT2D eigenvalue weighted by atomic mass is 16.5. The van der Waals surface area contributed by atoms with E-state index in [0.29, 0.717) is 19.3 Å². The summed E-state index contributed by atoms with van der Waals surface area (Å²) in [5.74, 6) is 0.847. The van der Waals surface area contributed by atoms with Gasteiger partial charge in [-0.1, -0.05) is 25.7 Å². The maximum absolute atomic E-state index is 6.16. The summed E-state index contributed by atoms with van der Waals surface area (Å²) >= 11 is 0. The molecule has 2 N–H and O–H groups in total. The number of ether oxygens (including phenoxy) is 1. The zero-order chi connectivity index (χ0) is 11.0. The van der Waals surface area contributed by atoms with E-state index in [0.717, 1.165) is 17.1 Å². The highest BCUT2D eigenvalue weighted by Gasteiger charge is 2.25. The quantitative estimate of drug-likeness (QED) is 0.741. The van der Waals surface area contributed by atoms with E-state index in [2.05, 4.69) is 9.78 Å². The molecule has 2 heterocycles. The molecule has 1 aromatic rings. The summed E-state index contributed by atoms with van der Waals surface area (Å²) in [4.78, 5) is 0. The summed E-state index contributed by atoms with van der Waals surface area (Å²) in [6.07, 6.45) is 7.80. The van der Waals surface area contributed by atoms with Crippen LogP contribution in [0.1, 0.15) is 55.8 Å². The molecule has 3 rings (SSSR count). The van der Waals surface area contributed by atoms with Gasteiger partial charge in [-0.05, 0) is 12.8 Å². The fourth-order valence-corrected chi connectivity index (χ4v) is 2.83. The van der Waals surface area contributed by atoms with Crippen molar-refractivity contribution in [1.82, 2.24) is 9.78 Å². The molecule has 4 nitrogen and oxygen atoms in total. The van der Waals surface area contributed by atoms with Gasteiger partial charge in [-0.2, -0.15) is 5.10 Å². The molecule has 0 atom stereocenters. The van der Waals surface area contributed by atoms with Crippen molar-refractivity contribution in [2.45, 2.75) is 57.8 Å². The fraction of sp³-hybridized carbons (Fsp3) is 0.750. The lowest BCUT2D eigenvalue weighted by Crippen LogP contribution is -2.13. The van der Waals surface area contributed by atoms with Crippen molar-refractivity contribution in [3.05, 3.63) is 11.3 Å². The number of fused-ring (bicyclic) bond motifs is 1. The molecule has 1 saturated carbocycles. The number of aromatic nitrogens is 2. The molecule has 0 unspecified atom stereocenters. The molecule has 88 valence electrons. The Labute approximate surface area is 95.8 Å². The second kappa shape index (κ2) is 4.09. The van der Waals surface area contributed by atoms with Crippen molar-refractivity contribution in [3.8, 4) is 0 Å². The predicted octanol–water partition coefficient (Wildman–Crippen LogP) is 2.39. The van der Waals surface area contributed by atoms with Crippen molar-refractivity contribution in [1.29, 1.82) is 0 Å². The third-order valence-electron chi connectivity index (χ3n) is 3.79. The lowest BCUT2D eigenvalue weighted by molar-refractivity contribution is 0.130. The number of nitrogen functional groups attached to an aromatic ring is 1. The Morgan fingerprint density at radius 3 is 2.56 bits per heavy atom. The Morgan fingerprint density at radius 1 is 1.12 bits per heavy atom. The molecule has 0 aromatic carbocycles. The lowest BCUT2D eigenvalue weighted by atomic mass is 10.1. The van der Waals surface area contributed by atoms with E-state index in [1.54, 1.807) is 0 Å². The van der Waals surface area contributed by atoms with Crippen molar-refractivity contribution < 1.29 is 4.74 Å². The first-order valence-corrected chi connectivity index (χ1v) is 6.30. The van der Waals surface area contributed by atoms with Crippen LogP contribution in [-0.4, -0.2) is 9.78 Å². The Bertz CT molecular complexity index is 378. The molecular formula is C12H19N3O. The number of nitrogens with zero attached hydrogens (tertiary/aromatic N) is 2. The Balaban J connectivity index is 1.88. The van der Waals surface area contributed by atoms with Gasteiger partial charge >= 0.3 is 0 Å². The second-order valence-electron chi connectivity index (χ2n) is 4.89. The molecule has 0 bridgehead atoms. The minimum absolute atomic E-state index is 0.521. The number of nitrogens with two attached hydrogens (primary N) is 1. The van der Waals surface area contributed by atoms with Crippen molar-refractivity contribution in [3.63, 3.8) is 0 Å². The van der Waals surface area contributed by atoms with E-state index in [-0.39, 0.29) is 0 Å². The van der Waals surface area contributed by atoms with E-state index < -0.39 is 0 Å². The molecule has 16 heavy (non-hydrogen) atoms. The number of rotatable bonds is 1. The van der Waals surface area contributed by atoms with Crippen LogP contribution in [-0.2, 0) is 18.0 Å². The SMILES string of the molecule is Nc1c2c(nn1C1CCCCCC1)COC2. The normalized spacial score (nSPS) is 22.0. The molecular weight excluding hydrogens is 202 g/mol. The first-order valence-electron chi connectivity index (χ1n) is 6.30. The molecule has 0 saturated heterocycles. The zero-order valence-electron chi connectivity index (χ0n) is 9.61. The molecule has 1 fully saturated rings. The highest BCUT2D eigenvalue weighted by molar-refractivity contribution is 5.44. The summed E-state index contributed by atoms with van der Waals surface area (Å²) in [6.45, 7) is 1.28. The smallest absolute Gasteiger partial charge is 0.127 e. The minimum atomic E-state index is 0.521. The van der Waals surface area contributed by atoms with Crippen molar-refractivity contribution >= 4 is 5.82 Å². The van der Waals surface area contributed by atoms with Crippen LogP contribution in [0, 0.1) is 0 Å². The fourth-order valence-electron chi connectivity index (χ4n) is 2.83. The first kappa shape index (κ1) is 10.1. The standard InChI is InChI=1S/C12H19N3O/c13-12-10-7-16-8-11(10)14-15(12)9-5-3-1-2-4-6-9/h9H,1-8,13H2. The Morgan fingerprint density at radius 2 is 1.88 bits per heavy atom. The zero-order valence-corrected chi connectivity index (χ0v) is 9.61. The van der Waals surface area contributed by atoms with Crippen LogP contribution < -0.4 is 5.73 Å². The summed E-state index contributed by atoms with van der Waals surface area (Å²) in [7, 11) is 0. The summed E-state index contributed by atoms with van der Waals surface area (Å²) in [5, 5.41) is 4.62. The van der Waals surface area contributed by atoms with Gasteiger partial charge in [0, 0.05) is 5.56 Å². The largest absolute Gasteiger partial charge is 0.384 e. The average molecular weight is 221 g/mol. The summed E-state index contributed by atoms with van der Waals surface area (Å²) in [5.41, 5.74) is 8.34. The van der Waals surface area contributed by atoms with Crippen LogP contribution in [0.15, 0.2) is 0 Å². The van der Waals surface area contributed by atoms with Crippen molar-refractivity contribution in [2.75, 3.05) is 5.73 Å². The van der Waals surface area contributed by atoms with E-state index >= 15 is 0 Å². The molecule has 0 radical (unpaired) electrons. The van der Waals surface area contributed by atoms with Crippen LogP contribution in [0.3, 0.4) is 0 Å². The van der Waals surface area contributed by atoms with Gasteiger partial charge in [0.2, 0.25) is 0 Å². The topological polar surface area (TPSA) is 53.1 Å².